The summed E-state index contributed by atoms with van der Waals surface area (Å²) in [5.41, 5.74) is 3.50. The fourth-order valence-corrected chi connectivity index (χ4v) is 2.38. The number of hydrogen-bond donors (Lipinski definition) is 1. The van der Waals surface area contributed by atoms with E-state index in [1.54, 1.807) is 6.92 Å². The summed E-state index contributed by atoms with van der Waals surface area (Å²) in [6, 6.07) is 16.0. The Labute approximate surface area is 138 Å². The molecule has 0 saturated heterocycles. The summed E-state index contributed by atoms with van der Waals surface area (Å²) in [6.07, 6.45) is 0.309. The molecule has 2 atom stereocenters. The van der Waals surface area contributed by atoms with E-state index in [1.807, 2.05) is 31.2 Å². The van der Waals surface area contributed by atoms with Crippen molar-refractivity contribution in [1.29, 1.82) is 0 Å². The molecule has 0 bridgehead atoms. The number of ether oxygens (including phenoxy) is 1. The molecule has 3 heteroatoms. The number of hydrogen-bond acceptors (Lipinski definition) is 2. The average molecular weight is 311 g/mol. The molecule has 0 aliphatic rings. The first-order valence-electron chi connectivity index (χ1n) is 8.10. The van der Waals surface area contributed by atoms with Crippen LogP contribution in [0.4, 0.5) is 0 Å². The number of benzene rings is 2. The van der Waals surface area contributed by atoms with Gasteiger partial charge in [0.15, 0.2) is 6.10 Å². The molecule has 1 N–H and O–H groups in total. The topological polar surface area (TPSA) is 38.3 Å². The summed E-state index contributed by atoms with van der Waals surface area (Å²) < 4.78 is 5.72. The molecule has 0 heterocycles. The van der Waals surface area contributed by atoms with Crippen LogP contribution in [-0.2, 0) is 4.79 Å². The summed E-state index contributed by atoms with van der Waals surface area (Å²) in [6.45, 7) is 7.92. The van der Waals surface area contributed by atoms with Crippen LogP contribution in [0.3, 0.4) is 0 Å². The monoisotopic (exact) mass is 311 g/mol. The van der Waals surface area contributed by atoms with E-state index in [1.165, 1.54) is 11.1 Å². The lowest BCUT2D eigenvalue weighted by atomic mass is 10.0. The minimum Gasteiger partial charge on any atom is -0.481 e. The lowest BCUT2D eigenvalue weighted by Crippen LogP contribution is -2.38. The van der Waals surface area contributed by atoms with Gasteiger partial charge in [-0.05, 0) is 44.9 Å². The number of carbonyl (C=O) groups is 1. The zero-order valence-electron chi connectivity index (χ0n) is 14.3. The predicted molar refractivity (Wildman–Crippen MR) is 93.6 cm³/mol. The quantitative estimate of drug-likeness (QED) is 0.862. The molecule has 0 aliphatic heterocycles. The van der Waals surface area contributed by atoms with Crippen LogP contribution in [-0.4, -0.2) is 12.0 Å². The van der Waals surface area contributed by atoms with Gasteiger partial charge in [-0.2, -0.15) is 0 Å². The second kappa shape index (κ2) is 7.82. The van der Waals surface area contributed by atoms with Crippen molar-refractivity contribution in [3.05, 3.63) is 65.2 Å². The van der Waals surface area contributed by atoms with Gasteiger partial charge in [-0.1, -0.05) is 54.4 Å². The second-order valence-electron chi connectivity index (χ2n) is 5.95. The molecule has 0 aliphatic carbocycles. The predicted octanol–water partition coefficient (Wildman–Crippen LogP) is 4.34. The summed E-state index contributed by atoms with van der Waals surface area (Å²) in [7, 11) is 0. The van der Waals surface area contributed by atoms with E-state index in [2.05, 4.69) is 43.4 Å². The average Bonchev–Trinajstić information content (AvgIpc) is 2.55. The molecule has 0 spiro atoms. The summed E-state index contributed by atoms with van der Waals surface area (Å²) in [4.78, 5) is 12.4. The fourth-order valence-electron chi connectivity index (χ4n) is 2.38. The highest BCUT2D eigenvalue weighted by Crippen LogP contribution is 2.18. The van der Waals surface area contributed by atoms with Crippen molar-refractivity contribution in [2.24, 2.45) is 0 Å². The molecular weight excluding hydrogens is 286 g/mol. The Bertz CT molecular complexity index is 632. The highest BCUT2D eigenvalue weighted by Gasteiger charge is 2.19. The molecule has 0 fully saturated rings. The molecule has 23 heavy (non-hydrogen) atoms. The van der Waals surface area contributed by atoms with E-state index in [4.69, 9.17) is 4.74 Å². The number of aryl methyl sites for hydroxylation is 2. The molecule has 0 unspecified atom stereocenters. The van der Waals surface area contributed by atoms with Gasteiger partial charge in [-0.3, -0.25) is 4.79 Å². The number of amides is 1. The first kappa shape index (κ1) is 17.1. The van der Waals surface area contributed by atoms with Gasteiger partial charge in [0.2, 0.25) is 0 Å². The Morgan fingerprint density at radius 2 is 1.52 bits per heavy atom. The molecule has 122 valence electrons. The summed E-state index contributed by atoms with van der Waals surface area (Å²) in [5, 5.41) is 3.07. The lowest BCUT2D eigenvalue weighted by molar-refractivity contribution is -0.128. The fraction of sp³-hybridized carbons (Fsp3) is 0.350. The second-order valence-corrected chi connectivity index (χ2v) is 5.95. The Kier molecular flexibility index (Phi) is 5.80. The van der Waals surface area contributed by atoms with Crippen molar-refractivity contribution in [3.63, 3.8) is 0 Å². The van der Waals surface area contributed by atoms with Crippen molar-refractivity contribution in [3.8, 4) is 5.75 Å². The van der Waals surface area contributed by atoms with Crippen LogP contribution in [0.2, 0.25) is 0 Å². The van der Waals surface area contributed by atoms with Gasteiger partial charge in [-0.25, -0.2) is 0 Å². The van der Waals surface area contributed by atoms with Gasteiger partial charge in [0.05, 0.1) is 6.04 Å². The molecule has 2 aromatic rings. The zero-order valence-corrected chi connectivity index (χ0v) is 14.3. The minimum absolute atomic E-state index is 0.00664. The van der Waals surface area contributed by atoms with Gasteiger partial charge in [0.25, 0.3) is 5.91 Å². The van der Waals surface area contributed by atoms with Gasteiger partial charge in [-0.15, -0.1) is 0 Å². The molecule has 2 rings (SSSR count). The maximum atomic E-state index is 12.4. The van der Waals surface area contributed by atoms with Crippen LogP contribution in [0.5, 0.6) is 5.75 Å². The molecule has 3 nitrogen and oxygen atoms in total. The first-order valence-corrected chi connectivity index (χ1v) is 8.10. The molecule has 1 amide bonds. The van der Waals surface area contributed by atoms with Crippen LogP contribution in [0.15, 0.2) is 48.5 Å². The summed E-state index contributed by atoms with van der Waals surface area (Å²) >= 11 is 0. The third-order valence-electron chi connectivity index (χ3n) is 3.91. The normalized spacial score (nSPS) is 13.2. The molecular formula is C20H25NO2. The van der Waals surface area contributed by atoms with Crippen LogP contribution >= 0.6 is 0 Å². The van der Waals surface area contributed by atoms with Crippen LogP contribution in [0, 0.1) is 13.8 Å². The number of carbonyl (C=O) groups excluding carboxylic acids is 1. The molecule has 0 saturated carbocycles. The number of nitrogens with one attached hydrogen (secondary N) is 1. The maximum Gasteiger partial charge on any atom is 0.261 e. The van der Waals surface area contributed by atoms with E-state index in [9.17, 15) is 4.79 Å². The Hall–Kier alpha value is -2.29. The Morgan fingerprint density at radius 1 is 1.00 bits per heavy atom. The zero-order chi connectivity index (χ0) is 16.8. The third-order valence-corrected chi connectivity index (χ3v) is 3.91. The van der Waals surface area contributed by atoms with Gasteiger partial charge < -0.3 is 10.1 Å². The van der Waals surface area contributed by atoms with E-state index in [0.29, 0.717) is 5.75 Å². The van der Waals surface area contributed by atoms with Crippen LogP contribution in [0.25, 0.3) is 0 Å². The summed E-state index contributed by atoms with van der Waals surface area (Å²) in [5.74, 6) is 0.611. The lowest BCUT2D eigenvalue weighted by Gasteiger charge is -2.21. The van der Waals surface area contributed by atoms with Crippen molar-refractivity contribution < 1.29 is 9.53 Å². The highest BCUT2D eigenvalue weighted by molar-refractivity contribution is 5.81. The van der Waals surface area contributed by atoms with Gasteiger partial charge >= 0.3 is 0 Å². The van der Waals surface area contributed by atoms with Gasteiger partial charge in [0, 0.05) is 0 Å². The van der Waals surface area contributed by atoms with Crippen molar-refractivity contribution in [2.45, 2.75) is 46.3 Å². The molecule has 2 aromatic carbocycles. The van der Waals surface area contributed by atoms with E-state index < -0.39 is 6.10 Å². The third kappa shape index (κ3) is 4.85. The smallest absolute Gasteiger partial charge is 0.261 e. The van der Waals surface area contributed by atoms with Crippen molar-refractivity contribution >= 4 is 5.91 Å². The maximum absolute atomic E-state index is 12.4. The largest absolute Gasteiger partial charge is 0.481 e. The van der Waals surface area contributed by atoms with E-state index in [0.717, 1.165) is 12.0 Å². The Balaban J connectivity index is 1.98. The first-order chi connectivity index (χ1) is 11.0. The number of rotatable bonds is 6. The SMILES string of the molecule is CC[C@H](NC(=O)[C@H](C)Oc1ccc(C)cc1)c1ccc(C)cc1. The van der Waals surface area contributed by atoms with Crippen molar-refractivity contribution in [2.75, 3.05) is 0 Å². The van der Waals surface area contributed by atoms with Crippen LogP contribution < -0.4 is 10.1 Å². The van der Waals surface area contributed by atoms with E-state index >= 15 is 0 Å². The van der Waals surface area contributed by atoms with E-state index in [-0.39, 0.29) is 11.9 Å². The van der Waals surface area contributed by atoms with Crippen molar-refractivity contribution in [1.82, 2.24) is 5.32 Å². The highest BCUT2D eigenvalue weighted by atomic mass is 16.5. The van der Waals surface area contributed by atoms with Gasteiger partial charge in [0.1, 0.15) is 5.75 Å². The van der Waals surface area contributed by atoms with Crippen LogP contribution in [0.1, 0.15) is 43.0 Å². The molecule has 0 aromatic heterocycles. The molecule has 0 radical (unpaired) electrons. The standard InChI is InChI=1S/C20H25NO2/c1-5-19(17-10-6-14(2)7-11-17)21-20(22)16(4)23-18-12-8-15(3)9-13-18/h6-13,16,19H,5H2,1-4H3,(H,21,22)/t16-,19-/m0/s1. The minimum atomic E-state index is -0.530. The Morgan fingerprint density at radius 3 is 2.04 bits per heavy atom.